The number of aromatic nitrogens is 2. The molecule has 4 heterocycles. The average molecular weight is 445 g/mol. The number of hydrogen-bond acceptors (Lipinski definition) is 5. The molecule has 2 atom stereocenters. The van der Waals surface area contributed by atoms with Gasteiger partial charge in [0.15, 0.2) is 0 Å². The lowest BCUT2D eigenvalue weighted by Gasteiger charge is -2.44. The molecule has 2 aliphatic rings. The Bertz CT molecular complexity index is 938. The number of aromatic amines is 1. The minimum absolute atomic E-state index is 0.00835. The molecule has 0 amide bonds. The highest BCUT2D eigenvalue weighted by Crippen LogP contribution is 2.48. The van der Waals surface area contributed by atoms with E-state index in [1.165, 1.54) is 27.4 Å². The lowest BCUT2D eigenvalue weighted by molar-refractivity contribution is 0.113. The van der Waals surface area contributed by atoms with Crippen LogP contribution in [0, 0.1) is 6.92 Å². The van der Waals surface area contributed by atoms with Crippen molar-refractivity contribution >= 4 is 16.3 Å². The quantitative estimate of drug-likeness (QED) is 0.609. The number of hydrogen-bond donors (Lipinski definition) is 1. The van der Waals surface area contributed by atoms with Crippen molar-refractivity contribution in [3.8, 4) is 0 Å². The number of rotatable bonds is 7. The molecule has 31 heavy (non-hydrogen) atoms. The van der Waals surface area contributed by atoms with E-state index in [0.717, 1.165) is 44.8 Å². The van der Waals surface area contributed by atoms with Gasteiger partial charge in [-0.05, 0) is 38.7 Å². The van der Waals surface area contributed by atoms with Gasteiger partial charge in [0.05, 0.1) is 25.2 Å². The van der Waals surface area contributed by atoms with E-state index in [0.29, 0.717) is 6.54 Å². The van der Waals surface area contributed by atoms with Crippen molar-refractivity contribution in [1.29, 1.82) is 0 Å². The number of nitrogens with one attached hydrogen (secondary N) is 1. The molecule has 4 rings (SSSR count). The highest BCUT2D eigenvalue weighted by molar-refractivity contribution is 7.16. The number of fused-ring (bicyclic) bond motifs is 1. The fourth-order valence-electron chi connectivity index (χ4n) is 4.50. The van der Waals surface area contributed by atoms with Gasteiger partial charge in [-0.15, -0.1) is 24.5 Å². The third-order valence-corrected chi connectivity index (χ3v) is 7.55. The maximum atomic E-state index is 12.0. The Morgan fingerprint density at radius 3 is 2.74 bits per heavy atom. The average Bonchev–Trinajstić information content (AvgIpc) is 3.49. The minimum atomic E-state index is 0.00835. The van der Waals surface area contributed by atoms with Gasteiger partial charge in [-0.25, -0.2) is 4.68 Å². The SMILES string of the molecule is C=C.C=C1N(CC2CCCO2)c2sc(Cn3[nH]ccc3=O)c(C)c2C(C)N1CCCC. The maximum absolute atomic E-state index is 12.0. The maximum Gasteiger partial charge on any atom is 0.266 e. The largest absolute Gasteiger partial charge is 0.376 e. The summed E-state index contributed by atoms with van der Waals surface area (Å²) in [6, 6.07) is 1.86. The number of unbranched alkanes of at least 4 members (excludes halogenated alkanes) is 1. The van der Waals surface area contributed by atoms with E-state index in [-0.39, 0.29) is 17.7 Å². The second kappa shape index (κ2) is 10.4. The molecule has 170 valence electrons. The fraction of sp³-hybridized carbons (Fsp3) is 0.542. The Kier molecular flexibility index (Phi) is 7.84. The number of thiophene rings is 1. The number of nitrogens with zero attached hydrogens (tertiary/aromatic N) is 3. The van der Waals surface area contributed by atoms with Gasteiger partial charge in [0.25, 0.3) is 5.56 Å². The second-order valence-electron chi connectivity index (χ2n) is 8.14. The number of H-pyrrole nitrogens is 1. The molecule has 2 aromatic heterocycles. The highest BCUT2D eigenvalue weighted by Gasteiger charge is 2.36. The van der Waals surface area contributed by atoms with Gasteiger partial charge in [-0.2, -0.15) is 0 Å². The van der Waals surface area contributed by atoms with Crippen molar-refractivity contribution < 1.29 is 4.74 Å². The number of ether oxygens (including phenoxy) is 1. The van der Waals surface area contributed by atoms with Gasteiger partial charge in [-0.3, -0.25) is 4.79 Å². The zero-order chi connectivity index (χ0) is 22.5. The molecule has 2 aromatic rings. The molecule has 6 nitrogen and oxygen atoms in total. The van der Waals surface area contributed by atoms with Gasteiger partial charge < -0.3 is 19.6 Å². The van der Waals surface area contributed by atoms with Crippen LogP contribution < -0.4 is 10.5 Å². The smallest absolute Gasteiger partial charge is 0.266 e. The van der Waals surface area contributed by atoms with Crippen molar-refractivity contribution in [3.63, 3.8) is 0 Å². The van der Waals surface area contributed by atoms with Crippen LogP contribution in [0.3, 0.4) is 0 Å². The van der Waals surface area contributed by atoms with Crippen LogP contribution >= 0.6 is 11.3 Å². The first-order valence-corrected chi connectivity index (χ1v) is 12.0. The molecule has 7 heteroatoms. The third-order valence-electron chi connectivity index (χ3n) is 6.23. The van der Waals surface area contributed by atoms with Crippen LogP contribution in [-0.4, -0.2) is 40.5 Å². The molecule has 1 fully saturated rings. The summed E-state index contributed by atoms with van der Waals surface area (Å²) in [5, 5.41) is 4.31. The Morgan fingerprint density at radius 1 is 1.35 bits per heavy atom. The predicted octanol–water partition coefficient (Wildman–Crippen LogP) is 5.03. The van der Waals surface area contributed by atoms with E-state index < -0.39 is 0 Å². The monoisotopic (exact) mass is 444 g/mol. The summed E-state index contributed by atoms with van der Waals surface area (Å²) in [5.41, 5.74) is 2.69. The van der Waals surface area contributed by atoms with Gasteiger partial charge in [0, 0.05) is 35.9 Å². The summed E-state index contributed by atoms with van der Waals surface area (Å²) in [6.07, 6.45) is 6.53. The van der Waals surface area contributed by atoms with Crippen LogP contribution in [-0.2, 0) is 11.3 Å². The summed E-state index contributed by atoms with van der Waals surface area (Å²) < 4.78 is 7.62. The van der Waals surface area contributed by atoms with Gasteiger partial charge in [0.2, 0.25) is 0 Å². The van der Waals surface area contributed by atoms with Crippen LogP contribution in [0.15, 0.2) is 42.6 Å². The van der Waals surface area contributed by atoms with Crippen molar-refractivity contribution in [2.75, 3.05) is 24.6 Å². The third kappa shape index (κ3) is 4.67. The zero-order valence-electron chi connectivity index (χ0n) is 19.2. The number of anilines is 1. The van der Waals surface area contributed by atoms with E-state index >= 15 is 0 Å². The van der Waals surface area contributed by atoms with Crippen molar-refractivity contribution in [2.45, 2.75) is 65.1 Å². The van der Waals surface area contributed by atoms with Crippen molar-refractivity contribution in [3.05, 3.63) is 64.2 Å². The Hall–Kier alpha value is -2.25. The Balaban J connectivity index is 0.00000132. The molecule has 2 aliphatic heterocycles. The van der Waals surface area contributed by atoms with E-state index in [2.05, 4.69) is 55.4 Å². The molecular weight excluding hydrogens is 408 g/mol. The summed E-state index contributed by atoms with van der Waals surface area (Å²) in [5.74, 6) is 1.08. The summed E-state index contributed by atoms with van der Waals surface area (Å²) >= 11 is 1.80. The second-order valence-corrected chi connectivity index (χ2v) is 9.22. The lowest BCUT2D eigenvalue weighted by Crippen LogP contribution is -2.44. The van der Waals surface area contributed by atoms with Crippen LogP contribution in [0.2, 0.25) is 0 Å². The normalized spacial score (nSPS) is 20.5. The lowest BCUT2D eigenvalue weighted by atomic mass is 10.00. The van der Waals surface area contributed by atoms with Crippen LogP contribution in [0.1, 0.15) is 61.6 Å². The van der Waals surface area contributed by atoms with E-state index in [1.807, 2.05) is 0 Å². The molecule has 0 bridgehead atoms. The molecular formula is C24H36N4O2S. The molecule has 0 aliphatic carbocycles. The summed E-state index contributed by atoms with van der Waals surface area (Å²) in [4.78, 5) is 18.1. The highest BCUT2D eigenvalue weighted by atomic mass is 32.1. The molecule has 1 N–H and O–H groups in total. The zero-order valence-corrected chi connectivity index (χ0v) is 20.0. The van der Waals surface area contributed by atoms with Crippen LogP contribution in [0.5, 0.6) is 0 Å². The van der Waals surface area contributed by atoms with Crippen molar-refractivity contribution in [1.82, 2.24) is 14.7 Å². The molecule has 1 saturated heterocycles. The molecule has 0 spiro atoms. The Labute approximate surface area is 189 Å². The molecule has 0 saturated carbocycles. The fourth-order valence-corrected chi connectivity index (χ4v) is 5.92. The van der Waals surface area contributed by atoms with Crippen molar-refractivity contribution in [2.24, 2.45) is 0 Å². The summed E-state index contributed by atoms with van der Waals surface area (Å²) in [7, 11) is 0. The van der Waals surface area contributed by atoms with Crippen LogP contribution in [0.4, 0.5) is 5.00 Å². The Morgan fingerprint density at radius 2 is 2.13 bits per heavy atom. The van der Waals surface area contributed by atoms with Gasteiger partial charge in [0.1, 0.15) is 10.8 Å². The van der Waals surface area contributed by atoms with E-state index in [4.69, 9.17) is 4.74 Å². The first-order chi connectivity index (χ1) is 15.0. The van der Waals surface area contributed by atoms with Gasteiger partial charge in [-0.1, -0.05) is 19.9 Å². The first kappa shape index (κ1) is 23.4. The topological polar surface area (TPSA) is 53.5 Å². The van der Waals surface area contributed by atoms with E-state index in [1.54, 1.807) is 28.3 Å². The van der Waals surface area contributed by atoms with E-state index in [9.17, 15) is 4.79 Å². The summed E-state index contributed by atoms with van der Waals surface area (Å²) in [6.45, 7) is 20.5. The minimum Gasteiger partial charge on any atom is -0.376 e. The first-order valence-electron chi connectivity index (χ1n) is 11.2. The van der Waals surface area contributed by atoms with Crippen LogP contribution in [0.25, 0.3) is 0 Å². The van der Waals surface area contributed by atoms with Gasteiger partial charge >= 0.3 is 0 Å². The molecule has 0 radical (unpaired) electrons. The molecule has 2 unspecified atom stereocenters. The predicted molar refractivity (Wildman–Crippen MR) is 130 cm³/mol. The standard InChI is InChI=1S/C22H32N4O2S.C2H4/c1-5-6-11-24-16(3)21-15(2)19(14-26-20(27)9-10-23-26)29-22(21)25(17(24)4)13-18-8-7-12-28-18;1-2/h9-10,16,18,23H,4-8,11-14H2,1-3H3;1-2H2. The molecule has 0 aromatic carbocycles.